The number of anilines is 1. The van der Waals surface area contributed by atoms with Crippen molar-refractivity contribution in [1.29, 1.82) is 0 Å². The standard InChI is InChI=1S/C17H30N4O2S/c1-3-10-21(11-4-2)24(22,23)19-15-16-8-9-18-17(14-16)20-12-6-5-7-13-20/h8-9,14,19H,3-7,10-13,15H2,1-2H3. The molecule has 1 saturated heterocycles. The maximum atomic E-state index is 12.5. The van der Waals surface area contributed by atoms with Gasteiger partial charge in [-0.3, -0.25) is 0 Å². The summed E-state index contributed by atoms with van der Waals surface area (Å²) in [6.07, 6.45) is 7.07. The van der Waals surface area contributed by atoms with Crippen LogP contribution in [0, 0.1) is 0 Å². The first-order valence-corrected chi connectivity index (χ1v) is 10.5. The molecule has 2 heterocycles. The molecule has 1 N–H and O–H groups in total. The van der Waals surface area contributed by atoms with E-state index < -0.39 is 10.2 Å². The molecule has 0 amide bonds. The Bertz CT molecular complexity index is 594. The van der Waals surface area contributed by atoms with Crippen LogP contribution in [0.4, 0.5) is 5.82 Å². The molecule has 0 unspecified atom stereocenters. The van der Waals surface area contributed by atoms with Crippen molar-refractivity contribution < 1.29 is 8.42 Å². The van der Waals surface area contributed by atoms with Crippen molar-refractivity contribution in [2.75, 3.05) is 31.1 Å². The lowest BCUT2D eigenvalue weighted by molar-refractivity contribution is 0.401. The molecular formula is C17H30N4O2S. The van der Waals surface area contributed by atoms with E-state index in [4.69, 9.17) is 0 Å². The second kappa shape index (κ2) is 9.34. The van der Waals surface area contributed by atoms with Gasteiger partial charge in [0.05, 0.1) is 0 Å². The third-order valence-electron chi connectivity index (χ3n) is 4.23. The van der Waals surface area contributed by atoms with Crippen LogP contribution in [-0.4, -0.2) is 43.9 Å². The van der Waals surface area contributed by atoms with Crippen molar-refractivity contribution in [1.82, 2.24) is 14.0 Å². The number of rotatable bonds is 9. The van der Waals surface area contributed by atoms with Crippen LogP contribution in [0.15, 0.2) is 18.3 Å². The number of nitrogens with zero attached hydrogens (tertiary/aromatic N) is 3. The molecule has 7 heteroatoms. The summed E-state index contributed by atoms with van der Waals surface area (Å²) < 4.78 is 29.2. The van der Waals surface area contributed by atoms with E-state index in [9.17, 15) is 8.42 Å². The number of aromatic nitrogens is 1. The van der Waals surface area contributed by atoms with Gasteiger partial charge in [0.15, 0.2) is 0 Å². The molecule has 136 valence electrons. The van der Waals surface area contributed by atoms with Gasteiger partial charge in [-0.1, -0.05) is 13.8 Å². The molecule has 0 spiro atoms. The van der Waals surface area contributed by atoms with Crippen LogP contribution in [-0.2, 0) is 16.8 Å². The third kappa shape index (κ3) is 5.43. The summed E-state index contributed by atoms with van der Waals surface area (Å²) in [6.45, 7) is 7.45. The van der Waals surface area contributed by atoms with Crippen molar-refractivity contribution >= 4 is 16.0 Å². The minimum absolute atomic E-state index is 0.301. The quantitative estimate of drug-likeness (QED) is 0.740. The number of pyridine rings is 1. The largest absolute Gasteiger partial charge is 0.357 e. The fraction of sp³-hybridized carbons (Fsp3) is 0.706. The van der Waals surface area contributed by atoms with Crippen molar-refractivity contribution in [3.8, 4) is 0 Å². The number of nitrogens with one attached hydrogen (secondary N) is 1. The molecule has 0 bridgehead atoms. The smallest absolute Gasteiger partial charge is 0.279 e. The first kappa shape index (κ1) is 19.1. The Hall–Kier alpha value is -1.18. The summed E-state index contributed by atoms with van der Waals surface area (Å²) in [5.74, 6) is 0.949. The van der Waals surface area contributed by atoms with Gasteiger partial charge in [-0.15, -0.1) is 0 Å². The highest BCUT2D eigenvalue weighted by molar-refractivity contribution is 7.87. The van der Waals surface area contributed by atoms with Gasteiger partial charge >= 0.3 is 0 Å². The van der Waals surface area contributed by atoms with E-state index in [-0.39, 0.29) is 0 Å². The van der Waals surface area contributed by atoms with Gasteiger partial charge < -0.3 is 4.90 Å². The fourth-order valence-corrected chi connectivity index (χ4v) is 4.36. The zero-order chi connectivity index (χ0) is 17.4. The maximum absolute atomic E-state index is 12.5. The van der Waals surface area contributed by atoms with Crippen molar-refractivity contribution in [3.05, 3.63) is 23.9 Å². The Morgan fingerprint density at radius 1 is 1.17 bits per heavy atom. The second-order valence-corrected chi connectivity index (χ2v) is 8.05. The van der Waals surface area contributed by atoms with Gasteiger partial charge in [-0.2, -0.15) is 17.4 Å². The van der Waals surface area contributed by atoms with Crippen molar-refractivity contribution in [2.24, 2.45) is 0 Å². The molecule has 1 aromatic rings. The lowest BCUT2D eigenvalue weighted by Gasteiger charge is -2.28. The number of hydrogen-bond acceptors (Lipinski definition) is 4. The van der Waals surface area contributed by atoms with Gasteiger partial charge in [0.25, 0.3) is 10.2 Å². The summed E-state index contributed by atoms with van der Waals surface area (Å²) in [6, 6.07) is 3.87. The first-order valence-electron chi connectivity index (χ1n) is 9.01. The highest BCUT2D eigenvalue weighted by Crippen LogP contribution is 2.18. The average molecular weight is 355 g/mol. The van der Waals surface area contributed by atoms with Gasteiger partial charge in [-0.25, -0.2) is 4.98 Å². The van der Waals surface area contributed by atoms with Crippen LogP contribution >= 0.6 is 0 Å². The van der Waals surface area contributed by atoms with Gasteiger partial charge in [0.1, 0.15) is 5.82 Å². The molecule has 0 aliphatic carbocycles. The van der Waals surface area contributed by atoms with Crippen LogP contribution in [0.3, 0.4) is 0 Å². The summed E-state index contributed by atoms with van der Waals surface area (Å²) in [5, 5.41) is 0. The summed E-state index contributed by atoms with van der Waals surface area (Å²) in [5.41, 5.74) is 0.946. The maximum Gasteiger partial charge on any atom is 0.279 e. The molecule has 1 aliphatic heterocycles. The average Bonchev–Trinajstić information content (AvgIpc) is 2.61. The molecule has 1 fully saturated rings. The second-order valence-electron chi connectivity index (χ2n) is 6.30. The lowest BCUT2D eigenvalue weighted by atomic mass is 10.1. The van der Waals surface area contributed by atoms with E-state index in [0.717, 1.165) is 37.3 Å². The van der Waals surface area contributed by atoms with Gasteiger partial charge in [0.2, 0.25) is 0 Å². The molecule has 1 aliphatic rings. The monoisotopic (exact) mass is 354 g/mol. The Kier molecular flexibility index (Phi) is 7.45. The lowest BCUT2D eigenvalue weighted by Crippen LogP contribution is -2.41. The molecule has 6 nitrogen and oxygen atoms in total. The fourth-order valence-electron chi connectivity index (χ4n) is 2.98. The van der Waals surface area contributed by atoms with E-state index in [1.54, 1.807) is 6.20 Å². The Morgan fingerprint density at radius 3 is 2.46 bits per heavy atom. The normalized spacial score (nSPS) is 15.9. The molecular weight excluding hydrogens is 324 g/mol. The Balaban J connectivity index is 2.00. The molecule has 0 radical (unpaired) electrons. The predicted octanol–water partition coefficient (Wildman–Crippen LogP) is 2.53. The van der Waals surface area contributed by atoms with E-state index >= 15 is 0 Å². The third-order valence-corrected chi connectivity index (χ3v) is 5.79. The van der Waals surface area contributed by atoms with Crippen LogP contribution < -0.4 is 9.62 Å². The highest BCUT2D eigenvalue weighted by atomic mass is 32.2. The SMILES string of the molecule is CCCN(CCC)S(=O)(=O)NCc1ccnc(N2CCCCC2)c1. The van der Waals surface area contributed by atoms with E-state index in [2.05, 4.69) is 14.6 Å². The summed E-state index contributed by atoms with van der Waals surface area (Å²) in [7, 11) is -3.43. The van der Waals surface area contributed by atoms with E-state index in [0.29, 0.717) is 19.6 Å². The van der Waals surface area contributed by atoms with Crippen molar-refractivity contribution in [2.45, 2.75) is 52.5 Å². The molecule has 0 atom stereocenters. The zero-order valence-corrected chi connectivity index (χ0v) is 15.7. The molecule has 24 heavy (non-hydrogen) atoms. The molecule has 1 aromatic heterocycles. The van der Waals surface area contributed by atoms with Gasteiger partial charge in [-0.05, 0) is 49.8 Å². The van der Waals surface area contributed by atoms with Crippen LogP contribution in [0.2, 0.25) is 0 Å². The molecule has 0 aromatic carbocycles. The summed E-state index contributed by atoms with van der Waals surface area (Å²) >= 11 is 0. The summed E-state index contributed by atoms with van der Waals surface area (Å²) in [4.78, 5) is 6.72. The topological polar surface area (TPSA) is 65.5 Å². The Morgan fingerprint density at radius 2 is 1.83 bits per heavy atom. The number of hydrogen-bond donors (Lipinski definition) is 1. The van der Waals surface area contributed by atoms with Crippen LogP contribution in [0.5, 0.6) is 0 Å². The van der Waals surface area contributed by atoms with E-state index in [1.165, 1.54) is 23.6 Å². The minimum atomic E-state index is -3.43. The molecule has 2 rings (SSSR count). The highest BCUT2D eigenvalue weighted by Gasteiger charge is 2.20. The van der Waals surface area contributed by atoms with E-state index in [1.807, 2.05) is 26.0 Å². The number of piperidine rings is 1. The van der Waals surface area contributed by atoms with Gasteiger partial charge in [0, 0.05) is 38.9 Å². The first-order chi connectivity index (χ1) is 11.6. The minimum Gasteiger partial charge on any atom is -0.357 e. The Labute approximate surface area is 146 Å². The van der Waals surface area contributed by atoms with Crippen LogP contribution in [0.25, 0.3) is 0 Å². The molecule has 0 saturated carbocycles. The zero-order valence-electron chi connectivity index (χ0n) is 14.9. The predicted molar refractivity (Wildman–Crippen MR) is 98.2 cm³/mol. The van der Waals surface area contributed by atoms with Crippen LogP contribution in [0.1, 0.15) is 51.5 Å². The van der Waals surface area contributed by atoms with Crippen molar-refractivity contribution in [3.63, 3.8) is 0 Å².